The Morgan fingerprint density at radius 2 is 1.69 bits per heavy atom. The quantitative estimate of drug-likeness (QED) is 0.767. The summed E-state index contributed by atoms with van der Waals surface area (Å²) in [5.74, 6) is 0.406. The minimum atomic E-state index is -0.549. The Hall–Kier alpha value is -2.95. The standard InChI is InChI=1S/C21H20N2O3/c1-13-10-11-18(23-25)19(12-13)22-21(24)26-20-16-8-4-2-6-14(16)15-7-3-5-9-17(15)20/h2-9,13,20H,10-12H2,1H3,(H,22,24). The number of alkyl carbamates (subject to hydrolysis) is 1. The van der Waals surface area contributed by atoms with Gasteiger partial charge in [0.2, 0.25) is 0 Å². The Kier molecular flexibility index (Phi) is 4.29. The molecule has 5 heteroatoms. The molecule has 1 atom stereocenters. The highest BCUT2D eigenvalue weighted by Gasteiger charge is 2.31. The fourth-order valence-electron chi connectivity index (χ4n) is 3.82. The van der Waals surface area contributed by atoms with Gasteiger partial charge in [0.25, 0.3) is 0 Å². The lowest BCUT2D eigenvalue weighted by Crippen LogP contribution is -2.28. The summed E-state index contributed by atoms with van der Waals surface area (Å²) >= 11 is 0. The lowest BCUT2D eigenvalue weighted by atomic mass is 9.92. The Balaban J connectivity index is 1.58. The highest BCUT2D eigenvalue weighted by atomic mass is 16.6. The van der Waals surface area contributed by atoms with Crippen molar-refractivity contribution in [3.8, 4) is 11.1 Å². The van der Waals surface area contributed by atoms with E-state index in [9.17, 15) is 9.70 Å². The van der Waals surface area contributed by atoms with Crippen molar-refractivity contribution in [2.75, 3.05) is 0 Å². The van der Waals surface area contributed by atoms with E-state index in [2.05, 4.69) is 17.4 Å². The van der Waals surface area contributed by atoms with Gasteiger partial charge in [-0.05, 0) is 41.5 Å². The normalized spacial score (nSPS) is 18.9. The lowest BCUT2D eigenvalue weighted by molar-refractivity contribution is 0.120. The van der Waals surface area contributed by atoms with Crippen molar-refractivity contribution in [3.05, 3.63) is 76.0 Å². The second-order valence-electron chi connectivity index (χ2n) is 6.95. The van der Waals surface area contributed by atoms with Crippen LogP contribution >= 0.6 is 0 Å². The highest BCUT2D eigenvalue weighted by molar-refractivity contribution is 5.80. The van der Waals surface area contributed by atoms with E-state index >= 15 is 0 Å². The van der Waals surface area contributed by atoms with E-state index < -0.39 is 12.2 Å². The van der Waals surface area contributed by atoms with Crippen LogP contribution in [0.4, 0.5) is 4.79 Å². The molecule has 0 radical (unpaired) electrons. The summed E-state index contributed by atoms with van der Waals surface area (Å²) < 4.78 is 5.77. The topological polar surface area (TPSA) is 67.8 Å². The number of nitrogens with zero attached hydrogens (tertiary/aromatic N) is 1. The number of hydrogen-bond acceptors (Lipinski definition) is 4. The van der Waals surface area contributed by atoms with Gasteiger partial charge in [0, 0.05) is 16.8 Å². The van der Waals surface area contributed by atoms with Crippen LogP contribution in [0.1, 0.15) is 43.4 Å². The predicted octanol–water partition coefficient (Wildman–Crippen LogP) is 5.28. The van der Waals surface area contributed by atoms with Gasteiger partial charge in [0.1, 0.15) is 5.70 Å². The Labute approximate surface area is 152 Å². The van der Waals surface area contributed by atoms with Gasteiger partial charge in [-0.2, -0.15) is 0 Å². The van der Waals surface area contributed by atoms with Crippen LogP contribution in [0.25, 0.3) is 11.1 Å². The van der Waals surface area contributed by atoms with Gasteiger partial charge in [-0.25, -0.2) is 4.79 Å². The fraction of sp³-hybridized carbons (Fsp3) is 0.286. The van der Waals surface area contributed by atoms with E-state index in [1.54, 1.807) is 0 Å². The molecule has 2 aromatic rings. The minimum absolute atomic E-state index is 0.406. The lowest BCUT2D eigenvalue weighted by Gasteiger charge is -2.22. The first-order valence-corrected chi connectivity index (χ1v) is 8.88. The average molecular weight is 348 g/mol. The maximum atomic E-state index is 12.5. The molecular formula is C21H20N2O3. The number of carbonyl (C=O) groups is 1. The van der Waals surface area contributed by atoms with Crippen molar-refractivity contribution >= 4 is 6.09 Å². The molecule has 2 aromatic carbocycles. The third kappa shape index (κ3) is 2.90. The van der Waals surface area contributed by atoms with Crippen molar-refractivity contribution in [3.63, 3.8) is 0 Å². The molecule has 4 rings (SSSR count). The van der Waals surface area contributed by atoms with Gasteiger partial charge >= 0.3 is 6.09 Å². The molecule has 2 aliphatic carbocycles. The zero-order valence-electron chi connectivity index (χ0n) is 14.6. The number of nitroso groups, excluding NO2 is 1. The molecular weight excluding hydrogens is 328 g/mol. The summed E-state index contributed by atoms with van der Waals surface area (Å²) in [6.07, 6.45) is 1.14. The molecule has 0 bridgehead atoms. The number of rotatable bonds is 3. The SMILES string of the molecule is CC1CCC(N=O)=C(NC(=O)OC2c3ccccc3-c3ccccc32)C1. The van der Waals surface area contributed by atoms with Crippen LogP contribution in [0, 0.1) is 10.8 Å². The minimum Gasteiger partial charge on any atom is -0.436 e. The second-order valence-corrected chi connectivity index (χ2v) is 6.95. The van der Waals surface area contributed by atoms with Crippen LogP contribution in [0.3, 0.4) is 0 Å². The second kappa shape index (κ2) is 6.75. The molecule has 132 valence electrons. The van der Waals surface area contributed by atoms with Gasteiger partial charge in [-0.1, -0.05) is 55.5 Å². The predicted molar refractivity (Wildman–Crippen MR) is 99.2 cm³/mol. The Morgan fingerprint density at radius 1 is 1.08 bits per heavy atom. The van der Waals surface area contributed by atoms with Crippen molar-refractivity contribution in [2.45, 2.75) is 32.3 Å². The van der Waals surface area contributed by atoms with Crippen LogP contribution in [-0.2, 0) is 4.74 Å². The molecule has 0 aromatic heterocycles. The smallest absolute Gasteiger partial charge is 0.412 e. The number of fused-ring (bicyclic) bond motifs is 3. The summed E-state index contributed by atoms with van der Waals surface area (Å²) in [6, 6.07) is 15.9. The number of benzene rings is 2. The summed E-state index contributed by atoms with van der Waals surface area (Å²) in [5, 5.41) is 5.84. The maximum absolute atomic E-state index is 12.5. The van der Waals surface area contributed by atoms with E-state index in [-0.39, 0.29) is 0 Å². The summed E-state index contributed by atoms with van der Waals surface area (Å²) in [7, 11) is 0. The molecule has 1 amide bonds. The maximum Gasteiger partial charge on any atom is 0.412 e. The molecule has 26 heavy (non-hydrogen) atoms. The molecule has 0 saturated heterocycles. The van der Waals surface area contributed by atoms with E-state index in [0.29, 0.717) is 30.2 Å². The van der Waals surface area contributed by atoms with E-state index in [4.69, 9.17) is 4.74 Å². The fourth-order valence-corrected chi connectivity index (χ4v) is 3.82. The zero-order valence-corrected chi connectivity index (χ0v) is 14.6. The van der Waals surface area contributed by atoms with Gasteiger partial charge in [-0.3, -0.25) is 5.32 Å². The molecule has 2 aliphatic rings. The largest absolute Gasteiger partial charge is 0.436 e. The Morgan fingerprint density at radius 3 is 2.31 bits per heavy atom. The number of carbonyl (C=O) groups excluding carboxylic acids is 1. The average Bonchev–Trinajstić information content (AvgIpc) is 2.96. The van der Waals surface area contributed by atoms with Crippen molar-refractivity contribution in [1.29, 1.82) is 0 Å². The van der Waals surface area contributed by atoms with Crippen LogP contribution in [0.5, 0.6) is 0 Å². The summed E-state index contributed by atoms with van der Waals surface area (Å²) in [5.41, 5.74) is 5.13. The van der Waals surface area contributed by atoms with E-state index in [0.717, 1.165) is 28.7 Å². The molecule has 0 aliphatic heterocycles. The van der Waals surface area contributed by atoms with Gasteiger partial charge in [0.05, 0.1) is 0 Å². The Bertz CT molecular complexity index is 858. The molecule has 0 saturated carbocycles. The monoisotopic (exact) mass is 348 g/mol. The van der Waals surface area contributed by atoms with Crippen molar-refractivity contribution in [2.24, 2.45) is 11.1 Å². The van der Waals surface area contributed by atoms with Crippen molar-refractivity contribution in [1.82, 2.24) is 5.32 Å². The van der Waals surface area contributed by atoms with Gasteiger partial charge in [0.15, 0.2) is 6.10 Å². The van der Waals surface area contributed by atoms with Crippen LogP contribution < -0.4 is 5.32 Å². The van der Waals surface area contributed by atoms with Crippen LogP contribution in [0.15, 0.2) is 65.1 Å². The first-order chi connectivity index (χ1) is 12.7. The summed E-state index contributed by atoms with van der Waals surface area (Å²) in [4.78, 5) is 23.6. The number of hydrogen-bond donors (Lipinski definition) is 1. The molecule has 0 spiro atoms. The highest BCUT2D eigenvalue weighted by Crippen LogP contribution is 2.45. The number of amides is 1. The molecule has 0 heterocycles. The van der Waals surface area contributed by atoms with E-state index in [1.165, 1.54) is 0 Å². The first-order valence-electron chi connectivity index (χ1n) is 8.88. The summed E-state index contributed by atoms with van der Waals surface area (Å²) in [6.45, 7) is 2.10. The van der Waals surface area contributed by atoms with Crippen molar-refractivity contribution < 1.29 is 9.53 Å². The third-order valence-electron chi connectivity index (χ3n) is 5.14. The molecule has 5 nitrogen and oxygen atoms in total. The first kappa shape index (κ1) is 16.5. The molecule has 1 unspecified atom stereocenters. The number of ether oxygens (including phenoxy) is 1. The van der Waals surface area contributed by atoms with Crippen LogP contribution in [-0.4, -0.2) is 6.09 Å². The third-order valence-corrected chi connectivity index (χ3v) is 5.14. The van der Waals surface area contributed by atoms with Gasteiger partial charge < -0.3 is 4.74 Å². The zero-order chi connectivity index (χ0) is 18.1. The van der Waals surface area contributed by atoms with E-state index in [1.807, 2.05) is 48.5 Å². The number of allylic oxidation sites excluding steroid dienone is 2. The molecule has 1 N–H and O–H groups in total. The van der Waals surface area contributed by atoms with Gasteiger partial charge in [-0.15, -0.1) is 4.91 Å². The van der Waals surface area contributed by atoms with Crippen LogP contribution in [0.2, 0.25) is 0 Å². The number of nitrogens with one attached hydrogen (secondary N) is 1. The molecule has 0 fully saturated rings.